The van der Waals surface area contributed by atoms with Crippen molar-refractivity contribution in [2.24, 2.45) is 0 Å². The first-order chi connectivity index (χ1) is 24.7. The first-order valence-corrected chi connectivity index (χ1v) is 22.2. The van der Waals surface area contributed by atoms with Gasteiger partial charge in [0.1, 0.15) is 0 Å². The Bertz CT molecular complexity index is 760. The predicted octanol–water partition coefficient (Wildman–Crippen LogP) is 13.8. The second-order valence-corrected chi connectivity index (χ2v) is 15.1. The van der Waals surface area contributed by atoms with E-state index in [1.54, 1.807) is 6.08 Å². The molecular formula is C46H87NO3. The van der Waals surface area contributed by atoms with Gasteiger partial charge in [-0.3, -0.25) is 4.79 Å². The average molecular weight is 702 g/mol. The molecule has 294 valence electrons. The molecule has 1 amide bonds. The Kier molecular flexibility index (Phi) is 40.9. The fraction of sp³-hybridized carbons (Fsp3) is 0.848. The Morgan fingerprint density at radius 1 is 0.460 bits per heavy atom. The van der Waals surface area contributed by atoms with Crippen LogP contribution in [0.15, 0.2) is 36.5 Å². The van der Waals surface area contributed by atoms with Crippen molar-refractivity contribution in [3.8, 4) is 0 Å². The number of hydrogen-bond donors (Lipinski definition) is 3. The average Bonchev–Trinajstić information content (AvgIpc) is 3.12. The summed E-state index contributed by atoms with van der Waals surface area (Å²) in [6.45, 7) is 4.29. The van der Waals surface area contributed by atoms with E-state index in [-0.39, 0.29) is 12.5 Å². The van der Waals surface area contributed by atoms with E-state index in [0.29, 0.717) is 6.42 Å². The predicted molar refractivity (Wildman–Crippen MR) is 221 cm³/mol. The summed E-state index contributed by atoms with van der Waals surface area (Å²) in [5, 5.41) is 23.0. The van der Waals surface area contributed by atoms with Crippen LogP contribution in [0.3, 0.4) is 0 Å². The third kappa shape index (κ3) is 37.9. The van der Waals surface area contributed by atoms with Crippen molar-refractivity contribution in [1.29, 1.82) is 0 Å². The molecule has 0 aromatic carbocycles. The fourth-order valence-corrected chi connectivity index (χ4v) is 6.66. The molecule has 50 heavy (non-hydrogen) atoms. The normalized spacial score (nSPS) is 13.3. The lowest BCUT2D eigenvalue weighted by Gasteiger charge is -2.19. The maximum Gasteiger partial charge on any atom is 0.220 e. The van der Waals surface area contributed by atoms with Gasteiger partial charge in [-0.05, 0) is 57.8 Å². The molecule has 0 rings (SSSR count). The van der Waals surface area contributed by atoms with E-state index in [1.165, 1.54) is 180 Å². The summed E-state index contributed by atoms with van der Waals surface area (Å²) in [5.41, 5.74) is 0. The van der Waals surface area contributed by atoms with Crippen molar-refractivity contribution in [1.82, 2.24) is 5.32 Å². The number of aliphatic hydroxyl groups excluding tert-OH is 2. The maximum absolute atomic E-state index is 12.4. The van der Waals surface area contributed by atoms with Crippen LogP contribution in [0.25, 0.3) is 0 Å². The molecule has 0 heterocycles. The van der Waals surface area contributed by atoms with Crippen LogP contribution in [0.4, 0.5) is 0 Å². The number of aliphatic hydroxyl groups is 2. The molecule has 4 nitrogen and oxygen atoms in total. The molecule has 0 aliphatic carbocycles. The van der Waals surface area contributed by atoms with Crippen LogP contribution < -0.4 is 5.32 Å². The lowest BCUT2D eigenvalue weighted by Crippen LogP contribution is -2.45. The Balaban J connectivity index is 3.59. The number of hydrogen-bond acceptors (Lipinski definition) is 3. The molecule has 0 spiro atoms. The summed E-state index contributed by atoms with van der Waals surface area (Å²) in [7, 11) is 0. The second-order valence-electron chi connectivity index (χ2n) is 15.1. The fourth-order valence-electron chi connectivity index (χ4n) is 6.66. The van der Waals surface area contributed by atoms with Gasteiger partial charge in [0.2, 0.25) is 5.91 Å². The standard InChI is InChI=1S/C46H87NO3/c1-3-5-7-9-11-13-15-17-19-20-21-22-23-24-25-26-28-29-31-33-35-37-39-41-45(49)44(43-48)47-46(50)42-40-38-36-34-32-30-27-18-16-14-12-10-8-6-4-2/h14,16,31,33,39,41,44-45,48-49H,3-13,15,17-30,32,34-38,40,42-43H2,1-2H3,(H,47,50)/b16-14-,33-31+,41-39+. The van der Waals surface area contributed by atoms with Gasteiger partial charge in [-0.2, -0.15) is 0 Å². The van der Waals surface area contributed by atoms with E-state index < -0.39 is 12.1 Å². The van der Waals surface area contributed by atoms with Gasteiger partial charge in [-0.1, -0.05) is 204 Å². The molecule has 2 atom stereocenters. The Labute approximate surface area is 312 Å². The Morgan fingerprint density at radius 3 is 1.18 bits per heavy atom. The van der Waals surface area contributed by atoms with E-state index >= 15 is 0 Å². The first-order valence-electron chi connectivity index (χ1n) is 22.2. The summed E-state index contributed by atoms with van der Waals surface area (Å²) in [4.78, 5) is 12.4. The topological polar surface area (TPSA) is 69.6 Å². The van der Waals surface area contributed by atoms with E-state index in [1.807, 2.05) is 6.08 Å². The lowest BCUT2D eigenvalue weighted by atomic mass is 10.0. The minimum Gasteiger partial charge on any atom is -0.394 e. The van der Waals surface area contributed by atoms with Gasteiger partial charge in [0, 0.05) is 6.42 Å². The van der Waals surface area contributed by atoms with E-state index in [9.17, 15) is 15.0 Å². The number of allylic oxidation sites excluding steroid dienone is 5. The number of nitrogens with one attached hydrogen (secondary N) is 1. The lowest BCUT2D eigenvalue weighted by molar-refractivity contribution is -0.123. The summed E-state index contributed by atoms with van der Waals surface area (Å²) in [6, 6.07) is -0.639. The van der Waals surface area contributed by atoms with Gasteiger partial charge >= 0.3 is 0 Å². The van der Waals surface area contributed by atoms with Crippen molar-refractivity contribution in [3.63, 3.8) is 0 Å². The highest BCUT2D eigenvalue weighted by atomic mass is 16.3. The highest BCUT2D eigenvalue weighted by Gasteiger charge is 2.17. The number of rotatable bonds is 40. The molecular weight excluding hydrogens is 615 g/mol. The third-order valence-electron chi connectivity index (χ3n) is 10.1. The SMILES string of the molecule is CCCCCC/C=C\CCCCCCCCCC(=O)NC(CO)C(O)/C=C/CC/C=C/CCCCCCCCCCCCCCCCCCC. The van der Waals surface area contributed by atoms with Gasteiger partial charge < -0.3 is 15.5 Å². The molecule has 0 radical (unpaired) electrons. The van der Waals surface area contributed by atoms with E-state index in [0.717, 1.165) is 32.1 Å². The number of amides is 1. The van der Waals surface area contributed by atoms with E-state index in [4.69, 9.17) is 0 Å². The molecule has 0 saturated carbocycles. The largest absolute Gasteiger partial charge is 0.394 e. The Hall–Kier alpha value is -1.39. The van der Waals surface area contributed by atoms with Gasteiger partial charge in [-0.15, -0.1) is 0 Å². The van der Waals surface area contributed by atoms with Crippen LogP contribution in [-0.4, -0.2) is 34.9 Å². The second kappa shape index (κ2) is 42.0. The third-order valence-corrected chi connectivity index (χ3v) is 10.1. The highest BCUT2D eigenvalue weighted by molar-refractivity contribution is 5.76. The molecule has 3 N–H and O–H groups in total. The molecule has 0 aliphatic rings. The van der Waals surface area contributed by atoms with Crippen molar-refractivity contribution < 1.29 is 15.0 Å². The zero-order valence-electron chi connectivity index (χ0n) is 33.7. The number of carbonyl (C=O) groups is 1. The Morgan fingerprint density at radius 2 is 0.780 bits per heavy atom. The van der Waals surface area contributed by atoms with Crippen molar-refractivity contribution in [2.45, 2.75) is 244 Å². The monoisotopic (exact) mass is 702 g/mol. The van der Waals surface area contributed by atoms with Crippen molar-refractivity contribution >= 4 is 5.91 Å². The minimum atomic E-state index is -0.862. The molecule has 0 fully saturated rings. The van der Waals surface area contributed by atoms with Gasteiger partial charge in [0.05, 0.1) is 18.8 Å². The summed E-state index contributed by atoms with van der Waals surface area (Å²) < 4.78 is 0. The van der Waals surface area contributed by atoms with Gasteiger partial charge in [-0.25, -0.2) is 0 Å². The van der Waals surface area contributed by atoms with Crippen molar-refractivity contribution in [3.05, 3.63) is 36.5 Å². The van der Waals surface area contributed by atoms with Gasteiger partial charge in [0.15, 0.2) is 0 Å². The number of unbranched alkanes of at least 4 members (excludes halogenated alkanes) is 29. The van der Waals surface area contributed by atoms with Crippen LogP contribution >= 0.6 is 0 Å². The number of carbonyl (C=O) groups excluding carboxylic acids is 1. The molecule has 0 bridgehead atoms. The minimum absolute atomic E-state index is 0.0785. The molecule has 0 aromatic heterocycles. The molecule has 0 aliphatic heterocycles. The quantitative estimate of drug-likeness (QED) is 0.0440. The van der Waals surface area contributed by atoms with Crippen LogP contribution in [0.1, 0.15) is 232 Å². The zero-order valence-corrected chi connectivity index (χ0v) is 33.7. The summed E-state index contributed by atoms with van der Waals surface area (Å²) >= 11 is 0. The van der Waals surface area contributed by atoms with E-state index in [2.05, 4.69) is 43.5 Å². The van der Waals surface area contributed by atoms with Gasteiger partial charge in [0.25, 0.3) is 0 Å². The molecule has 4 heteroatoms. The molecule has 2 unspecified atom stereocenters. The van der Waals surface area contributed by atoms with Crippen LogP contribution in [0.2, 0.25) is 0 Å². The maximum atomic E-state index is 12.4. The summed E-state index contributed by atoms with van der Waals surface area (Å²) in [6.07, 6.45) is 55.4. The van der Waals surface area contributed by atoms with Crippen molar-refractivity contribution in [2.75, 3.05) is 6.61 Å². The molecule has 0 saturated heterocycles. The smallest absolute Gasteiger partial charge is 0.220 e. The molecule has 0 aromatic rings. The van der Waals surface area contributed by atoms with Crippen LogP contribution in [0.5, 0.6) is 0 Å². The van der Waals surface area contributed by atoms with Crippen LogP contribution in [0, 0.1) is 0 Å². The first kappa shape index (κ1) is 48.6. The zero-order chi connectivity index (χ0) is 36.4. The summed E-state index contributed by atoms with van der Waals surface area (Å²) in [5.74, 6) is -0.0785. The highest BCUT2D eigenvalue weighted by Crippen LogP contribution is 2.15. The van der Waals surface area contributed by atoms with Crippen LogP contribution in [-0.2, 0) is 4.79 Å².